The van der Waals surface area contributed by atoms with Crippen LogP contribution in [0.3, 0.4) is 0 Å². The number of aromatic nitrogens is 1. The van der Waals surface area contributed by atoms with Gasteiger partial charge in [0.25, 0.3) is 0 Å². The van der Waals surface area contributed by atoms with Gasteiger partial charge < -0.3 is 4.90 Å². The number of anilines is 1. The van der Waals surface area contributed by atoms with Crippen LogP contribution in [0.5, 0.6) is 0 Å². The third kappa shape index (κ3) is 4.04. The van der Waals surface area contributed by atoms with E-state index in [9.17, 15) is 22.8 Å². The molecule has 0 spiro atoms. The number of fused-ring (bicyclic) bond motifs is 1. The monoisotopic (exact) mass is 441 g/mol. The number of nitrogens with zero attached hydrogens (tertiary/aromatic N) is 3. The minimum Gasteiger partial charge on any atom is -0.312 e. The quantitative estimate of drug-likeness (QED) is 0.498. The number of benzene rings is 2. The van der Waals surface area contributed by atoms with Crippen molar-refractivity contribution in [3.8, 4) is 0 Å². The molecule has 0 radical (unpaired) electrons. The van der Waals surface area contributed by atoms with Gasteiger partial charge in [0, 0.05) is 12.1 Å². The molecule has 8 heteroatoms. The third-order valence-electron chi connectivity index (χ3n) is 5.77. The van der Waals surface area contributed by atoms with Crippen molar-refractivity contribution in [1.82, 2.24) is 9.88 Å². The molecule has 1 aromatic heterocycles. The predicted molar refractivity (Wildman–Crippen MR) is 116 cm³/mol. The molecule has 1 saturated heterocycles. The van der Waals surface area contributed by atoms with Crippen molar-refractivity contribution in [2.24, 2.45) is 5.92 Å². The first-order chi connectivity index (χ1) is 15.2. The first-order valence-electron chi connectivity index (χ1n) is 10.3. The van der Waals surface area contributed by atoms with Gasteiger partial charge in [-0.3, -0.25) is 9.69 Å². The summed E-state index contributed by atoms with van der Waals surface area (Å²) in [5.41, 5.74) is -0.210. The molecule has 1 atom stereocenters. The van der Waals surface area contributed by atoms with Crippen LogP contribution in [-0.4, -0.2) is 40.8 Å². The number of rotatable bonds is 5. The molecule has 1 aliphatic heterocycles. The normalized spacial score (nSPS) is 16.9. The standard InChI is InChI=1S/C24H22F3N3O2/c1-15(2)20-13-29(17-10-11-22(28-12-17)24(25,26)27)23(32)30(20)14-21(31)19-9-5-7-16-6-3-4-8-18(16)19/h3-12,15,20H,13-14H2,1-2H3/t20-/m1/s1. The van der Waals surface area contributed by atoms with E-state index in [4.69, 9.17) is 0 Å². The molecule has 32 heavy (non-hydrogen) atoms. The molecule has 5 nitrogen and oxygen atoms in total. The first-order valence-corrected chi connectivity index (χ1v) is 10.3. The fraction of sp³-hybridized carbons (Fsp3) is 0.292. The summed E-state index contributed by atoms with van der Waals surface area (Å²) < 4.78 is 38.5. The van der Waals surface area contributed by atoms with E-state index in [-0.39, 0.29) is 36.5 Å². The number of pyridine rings is 1. The van der Waals surface area contributed by atoms with Crippen molar-refractivity contribution < 1.29 is 22.8 Å². The lowest BCUT2D eigenvalue weighted by atomic mass is 9.99. The summed E-state index contributed by atoms with van der Waals surface area (Å²) in [5, 5.41) is 1.75. The van der Waals surface area contributed by atoms with Gasteiger partial charge in [0.15, 0.2) is 5.78 Å². The van der Waals surface area contributed by atoms with Crippen LogP contribution < -0.4 is 4.90 Å². The largest absolute Gasteiger partial charge is 0.433 e. The van der Waals surface area contributed by atoms with Crippen LogP contribution in [0.1, 0.15) is 29.9 Å². The average molecular weight is 441 g/mol. The Morgan fingerprint density at radius 2 is 1.81 bits per heavy atom. The molecule has 4 rings (SSSR count). The summed E-state index contributed by atoms with van der Waals surface area (Å²) >= 11 is 0. The maximum Gasteiger partial charge on any atom is 0.433 e. The van der Waals surface area contributed by atoms with Crippen molar-refractivity contribution in [2.45, 2.75) is 26.1 Å². The van der Waals surface area contributed by atoms with Crippen molar-refractivity contribution in [3.05, 3.63) is 72.1 Å². The van der Waals surface area contributed by atoms with E-state index in [1.807, 2.05) is 50.2 Å². The zero-order chi connectivity index (χ0) is 23.0. The van der Waals surface area contributed by atoms with Crippen molar-refractivity contribution in [3.63, 3.8) is 0 Å². The molecule has 1 aliphatic rings. The number of alkyl halides is 3. The highest BCUT2D eigenvalue weighted by Gasteiger charge is 2.41. The highest BCUT2D eigenvalue weighted by Crippen LogP contribution is 2.31. The zero-order valence-corrected chi connectivity index (χ0v) is 17.6. The summed E-state index contributed by atoms with van der Waals surface area (Å²) in [5.74, 6) is -0.139. The Bertz CT molecular complexity index is 1150. The summed E-state index contributed by atoms with van der Waals surface area (Å²) in [4.78, 5) is 32.7. The van der Waals surface area contributed by atoms with Crippen molar-refractivity contribution in [1.29, 1.82) is 0 Å². The van der Waals surface area contributed by atoms with Gasteiger partial charge in [-0.25, -0.2) is 9.78 Å². The van der Waals surface area contributed by atoms with Crippen LogP contribution in [0.2, 0.25) is 0 Å². The van der Waals surface area contributed by atoms with Gasteiger partial charge >= 0.3 is 12.2 Å². The molecular weight excluding hydrogens is 419 g/mol. The molecule has 0 bridgehead atoms. The van der Waals surface area contributed by atoms with E-state index in [0.29, 0.717) is 5.56 Å². The Hall–Kier alpha value is -3.42. The number of ketones is 1. The fourth-order valence-electron chi connectivity index (χ4n) is 4.05. The van der Waals surface area contributed by atoms with Gasteiger partial charge in [0.1, 0.15) is 5.69 Å². The minimum absolute atomic E-state index is 0.0478. The lowest BCUT2D eigenvalue weighted by Gasteiger charge is -2.25. The molecule has 0 unspecified atom stereocenters. The van der Waals surface area contributed by atoms with Gasteiger partial charge in [-0.05, 0) is 28.8 Å². The summed E-state index contributed by atoms with van der Waals surface area (Å²) in [6, 6.07) is 14.4. The van der Waals surface area contributed by atoms with Gasteiger partial charge in [-0.2, -0.15) is 13.2 Å². The molecular formula is C24H22F3N3O2. The average Bonchev–Trinajstić information content (AvgIpc) is 3.09. The Balaban J connectivity index is 1.60. The second kappa shape index (κ2) is 8.26. The van der Waals surface area contributed by atoms with E-state index >= 15 is 0 Å². The van der Waals surface area contributed by atoms with Gasteiger partial charge in [0.05, 0.1) is 24.5 Å². The highest BCUT2D eigenvalue weighted by atomic mass is 19.4. The zero-order valence-electron chi connectivity index (χ0n) is 17.6. The molecule has 0 aliphatic carbocycles. The minimum atomic E-state index is -4.55. The lowest BCUT2D eigenvalue weighted by Crippen LogP contribution is -2.41. The molecule has 1 fully saturated rings. The highest BCUT2D eigenvalue weighted by molar-refractivity contribution is 6.10. The molecule has 0 saturated carbocycles. The summed E-state index contributed by atoms with van der Waals surface area (Å²) in [6.45, 7) is 4.05. The van der Waals surface area contributed by atoms with Crippen LogP contribution >= 0.6 is 0 Å². The molecule has 3 aromatic rings. The predicted octanol–water partition coefficient (Wildman–Crippen LogP) is 5.40. The fourth-order valence-corrected chi connectivity index (χ4v) is 4.05. The molecule has 2 heterocycles. The van der Waals surface area contributed by atoms with Gasteiger partial charge in [-0.15, -0.1) is 0 Å². The number of halogens is 3. The Labute approximate surface area is 183 Å². The number of hydrogen-bond donors (Lipinski definition) is 0. The first kappa shape index (κ1) is 21.8. The van der Waals surface area contributed by atoms with Gasteiger partial charge in [0.2, 0.25) is 0 Å². The second-order valence-electron chi connectivity index (χ2n) is 8.18. The number of hydrogen-bond acceptors (Lipinski definition) is 3. The van der Waals surface area contributed by atoms with E-state index in [1.165, 1.54) is 15.9 Å². The Morgan fingerprint density at radius 3 is 2.47 bits per heavy atom. The van der Waals surface area contributed by atoms with Gasteiger partial charge in [-0.1, -0.05) is 56.3 Å². The second-order valence-corrected chi connectivity index (χ2v) is 8.18. The maximum atomic E-state index is 13.2. The smallest absolute Gasteiger partial charge is 0.312 e. The number of carbonyl (C=O) groups excluding carboxylic acids is 2. The number of Topliss-reactive ketones (excluding diaryl/α,β-unsaturated/α-hetero) is 1. The van der Waals surface area contributed by atoms with E-state index in [1.54, 1.807) is 6.07 Å². The SMILES string of the molecule is CC(C)[C@H]1CN(c2ccc(C(F)(F)F)nc2)C(=O)N1CC(=O)c1cccc2ccccc12. The van der Waals surface area contributed by atoms with Crippen LogP contribution in [0.25, 0.3) is 10.8 Å². The molecule has 2 amide bonds. The Kier molecular flexibility index (Phi) is 5.62. The van der Waals surface area contributed by atoms with Crippen LogP contribution in [0.15, 0.2) is 60.8 Å². The van der Waals surface area contributed by atoms with E-state index in [2.05, 4.69) is 4.98 Å². The maximum absolute atomic E-state index is 13.2. The lowest BCUT2D eigenvalue weighted by molar-refractivity contribution is -0.141. The molecule has 2 aromatic carbocycles. The number of carbonyl (C=O) groups is 2. The van der Waals surface area contributed by atoms with Crippen LogP contribution in [-0.2, 0) is 6.18 Å². The Morgan fingerprint density at radius 1 is 1.09 bits per heavy atom. The topological polar surface area (TPSA) is 53.5 Å². The number of amides is 2. The van der Waals surface area contributed by atoms with Crippen molar-refractivity contribution in [2.75, 3.05) is 18.0 Å². The van der Waals surface area contributed by atoms with E-state index in [0.717, 1.165) is 23.0 Å². The van der Waals surface area contributed by atoms with E-state index < -0.39 is 17.9 Å². The summed E-state index contributed by atoms with van der Waals surface area (Å²) in [7, 11) is 0. The third-order valence-corrected chi connectivity index (χ3v) is 5.77. The summed E-state index contributed by atoms with van der Waals surface area (Å²) in [6.07, 6.45) is -3.50. The molecule has 166 valence electrons. The molecule has 0 N–H and O–H groups in total. The number of urea groups is 1. The van der Waals surface area contributed by atoms with Crippen LogP contribution in [0, 0.1) is 5.92 Å². The van der Waals surface area contributed by atoms with Crippen molar-refractivity contribution >= 4 is 28.3 Å². The van der Waals surface area contributed by atoms with Crippen LogP contribution in [0.4, 0.5) is 23.7 Å².